The van der Waals surface area contributed by atoms with E-state index in [0.717, 1.165) is 25.3 Å². The molecule has 1 aromatic rings. The third-order valence-corrected chi connectivity index (χ3v) is 5.44. The fourth-order valence-corrected chi connectivity index (χ4v) is 4.12. The summed E-state index contributed by atoms with van der Waals surface area (Å²) in [6, 6.07) is 14.0. The van der Waals surface area contributed by atoms with Crippen LogP contribution >= 0.6 is 0 Å². The molecule has 112 valence electrons. The molecule has 21 heavy (non-hydrogen) atoms. The predicted molar refractivity (Wildman–Crippen MR) is 85.9 cm³/mol. The van der Waals surface area contributed by atoms with E-state index in [4.69, 9.17) is 0 Å². The lowest BCUT2D eigenvalue weighted by Gasteiger charge is -2.41. The van der Waals surface area contributed by atoms with Gasteiger partial charge < -0.3 is 4.90 Å². The maximum Gasteiger partial charge on any atom is 0.0693 e. The maximum atomic E-state index is 9.74. The number of benzene rings is 1. The van der Waals surface area contributed by atoms with Crippen molar-refractivity contribution in [2.45, 2.75) is 57.4 Å². The summed E-state index contributed by atoms with van der Waals surface area (Å²) < 4.78 is 0. The van der Waals surface area contributed by atoms with Gasteiger partial charge in [-0.1, -0.05) is 36.8 Å². The molecule has 1 heterocycles. The lowest BCUT2D eigenvalue weighted by molar-refractivity contribution is 0.0970. The summed E-state index contributed by atoms with van der Waals surface area (Å²) in [5, 5.41) is 9.74. The minimum absolute atomic E-state index is 0.117. The third kappa shape index (κ3) is 3.47. The third-order valence-electron chi connectivity index (χ3n) is 5.44. The fourth-order valence-electron chi connectivity index (χ4n) is 4.12. The van der Waals surface area contributed by atoms with Gasteiger partial charge >= 0.3 is 0 Å². The van der Waals surface area contributed by atoms with Gasteiger partial charge in [0.15, 0.2) is 0 Å². The van der Waals surface area contributed by atoms with Crippen LogP contribution in [0.15, 0.2) is 30.3 Å². The SMILES string of the molecule is N#CC1(Cc2ccccc2)CCC(N2CCCCC2)CC1. The molecule has 1 aliphatic carbocycles. The molecule has 2 fully saturated rings. The number of hydrogen-bond donors (Lipinski definition) is 0. The zero-order valence-corrected chi connectivity index (χ0v) is 12.9. The first-order chi connectivity index (χ1) is 10.3. The maximum absolute atomic E-state index is 9.74. The average Bonchev–Trinajstić information content (AvgIpc) is 2.57. The van der Waals surface area contributed by atoms with E-state index in [9.17, 15) is 5.26 Å². The summed E-state index contributed by atoms with van der Waals surface area (Å²) >= 11 is 0. The molecular formula is C19H26N2. The second-order valence-corrected chi connectivity index (χ2v) is 6.88. The molecule has 1 aliphatic heterocycles. The van der Waals surface area contributed by atoms with E-state index in [0.29, 0.717) is 0 Å². The Balaban J connectivity index is 1.60. The number of piperidine rings is 1. The molecule has 1 aromatic carbocycles. The van der Waals surface area contributed by atoms with E-state index >= 15 is 0 Å². The molecule has 0 radical (unpaired) electrons. The molecule has 0 amide bonds. The Morgan fingerprint density at radius 1 is 1.05 bits per heavy atom. The first kappa shape index (κ1) is 14.6. The lowest BCUT2D eigenvalue weighted by Crippen LogP contribution is -2.43. The lowest BCUT2D eigenvalue weighted by atomic mass is 9.69. The Hall–Kier alpha value is -1.33. The summed E-state index contributed by atoms with van der Waals surface area (Å²) in [7, 11) is 0. The number of likely N-dealkylation sites (tertiary alicyclic amines) is 1. The van der Waals surface area contributed by atoms with Gasteiger partial charge in [-0.2, -0.15) is 5.26 Å². The average molecular weight is 282 g/mol. The Morgan fingerprint density at radius 2 is 1.71 bits per heavy atom. The zero-order chi connectivity index (χ0) is 14.5. The molecule has 0 N–H and O–H groups in total. The standard InChI is InChI=1S/C19H26N2/c20-16-19(15-17-7-3-1-4-8-17)11-9-18(10-12-19)21-13-5-2-6-14-21/h1,3-4,7-8,18H,2,5-6,9-15H2. The van der Waals surface area contributed by atoms with Crippen LogP contribution in [0.5, 0.6) is 0 Å². The molecular weight excluding hydrogens is 256 g/mol. The largest absolute Gasteiger partial charge is 0.300 e. The molecule has 1 saturated carbocycles. The van der Waals surface area contributed by atoms with E-state index in [-0.39, 0.29) is 5.41 Å². The normalized spacial score (nSPS) is 30.7. The van der Waals surface area contributed by atoms with Gasteiger partial charge in [-0.15, -0.1) is 0 Å². The predicted octanol–water partition coefficient (Wildman–Crippen LogP) is 4.17. The Kier molecular flexibility index (Phi) is 4.60. The number of rotatable bonds is 3. The second-order valence-electron chi connectivity index (χ2n) is 6.88. The summed E-state index contributed by atoms with van der Waals surface area (Å²) in [5.41, 5.74) is 1.20. The van der Waals surface area contributed by atoms with Crippen molar-refractivity contribution in [3.63, 3.8) is 0 Å². The number of nitrogens with zero attached hydrogens (tertiary/aromatic N) is 2. The van der Waals surface area contributed by atoms with Gasteiger partial charge in [0.2, 0.25) is 0 Å². The first-order valence-corrected chi connectivity index (χ1v) is 8.51. The van der Waals surface area contributed by atoms with Crippen LogP contribution in [0.3, 0.4) is 0 Å². The van der Waals surface area contributed by atoms with Gasteiger partial charge in [-0.3, -0.25) is 0 Å². The van der Waals surface area contributed by atoms with E-state index in [2.05, 4.69) is 41.3 Å². The van der Waals surface area contributed by atoms with Gasteiger partial charge in [0.1, 0.15) is 0 Å². The highest BCUT2D eigenvalue weighted by molar-refractivity contribution is 5.20. The van der Waals surface area contributed by atoms with Crippen molar-refractivity contribution in [1.29, 1.82) is 5.26 Å². The summed E-state index contributed by atoms with van der Waals surface area (Å²) in [6.07, 6.45) is 9.62. The molecule has 0 atom stereocenters. The molecule has 0 bridgehead atoms. The van der Waals surface area contributed by atoms with Gasteiger partial charge in [0.05, 0.1) is 11.5 Å². The summed E-state index contributed by atoms with van der Waals surface area (Å²) in [5.74, 6) is 0. The van der Waals surface area contributed by atoms with Crippen molar-refractivity contribution in [3.05, 3.63) is 35.9 Å². The van der Waals surface area contributed by atoms with Crippen LogP contribution in [-0.4, -0.2) is 24.0 Å². The van der Waals surface area contributed by atoms with E-state index < -0.39 is 0 Å². The van der Waals surface area contributed by atoms with Crippen molar-refractivity contribution in [1.82, 2.24) is 4.90 Å². The quantitative estimate of drug-likeness (QED) is 0.832. The van der Waals surface area contributed by atoms with Crippen LogP contribution in [0.1, 0.15) is 50.5 Å². The number of hydrogen-bond acceptors (Lipinski definition) is 2. The van der Waals surface area contributed by atoms with Crippen LogP contribution in [0.25, 0.3) is 0 Å². The number of nitriles is 1. The Labute approximate surface area is 128 Å². The van der Waals surface area contributed by atoms with Crippen molar-refractivity contribution in [2.75, 3.05) is 13.1 Å². The first-order valence-electron chi connectivity index (χ1n) is 8.51. The van der Waals surface area contributed by atoms with Crippen molar-refractivity contribution < 1.29 is 0 Å². The van der Waals surface area contributed by atoms with E-state index in [1.807, 2.05) is 0 Å². The summed E-state index contributed by atoms with van der Waals surface area (Å²) in [4.78, 5) is 2.69. The minimum Gasteiger partial charge on any atom is -0.300 e. The minimum atomic E-state index is -0.117. The molecule has 0 spiro atoms. The smallest absolute Gasteiger partial charge is 0.0693 e. The molecule has 3 rings (SSSR count). The molecule has 0 unspecified atom stereocenters. The zero-order valence-electron chi connectivity index (χ0n) is 12.9. The highest BCUT2D eigenvalue weighted by Crippen LogP contribution is 2.40. The van der Waals surface area contributed by atoms with Crippen LogP contribution in [0.2, 0.25) is 0 Å². The van der Waals surface area contributed by atoms with Gasteiger partial charge in [0, 0.05) is 6.04 Å². The van der Waals surface area contributed by atoms with Gasteiger partial charge in [-0.05, 0) is 63.6 Å². The molecule has 2 aliphatic rings. The van der Waals surface area contributed by atoms with Crippen LogP contribution in [0, 0.1) is 16.7 Å². The van der Waals surface area contributed by atoms with Crippen LogP contribution < -0.4 is 0 Å². The van der Waals surface area contributed by atoms with Crippen molar-refractivity contribution in [2.24, 2.45) is 5.41 Å². The van der Waals surface area contributed by atoms with E-state index in [1.54, 1.807) is 0 Å². The summed E-state index contributed by atoms with van der Waals surface area (Å²) in [6.45, 7) is 2.56. The second kappa shape index (κ2) is 6.62. The molecule has 1 saturated heterocycles. The van der Waals surface area contributed by atoms with Crippen LogP contribution in [0.4, 0.5) is 0 Å². The van der Waals surface area contributed by atoms with Crippen molar-refractivity contribution >= 4 is 0 Å². The monoisotopic (exact) mass is 282 g/mol. The van der Waals surface area contributed by atoms with E-state index in [1.165, 1.54) is 50.8 Å². The molecule has 2 heteroatoms. The molecule has 2 nitrogen and oxygen atoms in total. The topological polar surface area (TPSA) is 27.0 Å². The Bertz CT molecular complexity index is 474. The van der Waals surface area contributed by atoms with Gasteiger partial charge in [-0.25, -0.2) is 0 Å². The molecule has 0 aromatic heterocycles. The van der Waals surface area contributed by atoms with Gasteiger partial charge in [0.25, 0.3) is 0 Å². The van der Waals surface area contributed by atoms with Crippen molar-refractivity contribution in [3.8, 4) is 6.07 Å². The Morgan fingerprint density at radius 3 is 2.33 bits per heavy atom. The highest BCUT2D eigenvalue weighted by Gasteiger charge is 2.37. The highest BCUT2D eigenvalue weighted by atomic mass is 15.2. The van der Waals surface area contributed by atoms with Crippen LogP contribution in [-0.2, 0) is 6.42 Å². The fraction of sp³-hybridized carbons (Fsp3) is 0.632.